The maximum atomic E-state index is 13.7. The minimum atomic E-state index is -0.351. The molecule has 2 aromatic rings. The largest absolute Gasteiger partial charge is 0.494 e. The van der Waals surface area contributed by atoms with Crippen molar-refractivity contribution in [3.63, 3.8) is 0 Å². The Balaban J connectivity index is 1.15. The van der Waals surface area contributed by atoms with Crippen molar-refractivity contribution in [2.24, 2.45) is 0 Å². The van der Waals surface area contributed by atoms with Crippen LogP contribution < -0.4 is 15.0 Å². The summed E-state index contributed by atoms with van der Waals surface area (Å²) >= 11 is 6.13. The van der Waals surface area contributed by atoms with Gasteiger partial charge in [-0.15, -0.1) is 0 Å². The second kappa shape index (κ2) is 9.71. The summed E-state index contributed by atoms with van der Waals surface area (Å²) in [5.74, 6) is 0.563. The van der Waals surface area contributed by atoms with Crippen LogP contribution in [0.5, 0.6) is 5.75 Å². The Labute approximate surface area is 183 Å². The molecule has 1 N–H and O–H groups in total. The van der Waals surface area contributed by atoms with Gasteiger partial charge in [-0.25, -0.2) is 4.39 Å². The average Bonchev–Trinajstić information content (AvgIpc) is 2.76. The normalized spacial score (nSPS) is 16.9. The van der Waals surface area contributed by atoms with Crippen molar-refractivity contribution < 1.29 is 9.13 Å². The monoisotopic (exact) mass is 429 g/mol. The maximum Gasteiger partial charge on any atom is 0.143 e. The van der Waals surface area contributed by atoms with E-state index < -0.39 is 0 Å². The number of hydrogen-bond acceptors (Lipinski definition) is 4. The van der Waals surface area contributed by atoms with Crippen molar-refractivity contribution in [2.45, 2.75) is 25.7 Å². The van der Waals surface area contributed by atoms with E-state index >= 15 is 0 Å². The predicted octanol–water partition coefficient (Wildman–Crippen LogP) is 5.33. The zero-order valence-corrected chi connectivity index (χ0v) is 18.1. The van der Waals surface area contributed by atoms with Gasteiger partial charge in [0.2, 0.25) is 0 Å². The molecule has 160 valence electrons. The summed E-state index contributed by atoms with van der Waals surface area (Å²) in [6.07, 6.45) is 4.16. The van der Waals surface area contributed by atoms with Crippen LogP contribution in [0.15, 0.2) is 48.7 Å². The second-order valence-corrected chi connectivity index (χ2v) is 8.38. The fraction of sp³-hybridized carbons (Fsp3) is 0.417. The quantitative estimate of drug-likeness (QED) is 0.602. The third-order valence-electron chi connectivity index (χ3n) is 5.87. The number of halogens is 2. The summed E-state index contributed by atoms with van der Waals surface area (Å²) in [7, 11) is 0. The number of ether oxygens (including phenoxy) is 1. The summed E-state index contributed by atoms with van der Waals surface area (Å²) in [5.41, 5.74) is 4.32. The first-order chi connectivity index (χ1) is 14.6. The van der Waals surface area contributed by atoms with Crippen LogP contribution in [0.4, 0.5) is 15.8 Å². The van der Waals surface area contributed by atoms with E-state index in [1.54, 1.807) is 6.07 Å². The zero-order chi connectivity index (χ0) is 20.9. The van der Waals surface area contributed by atoms with Gasteiger partial charge in [-0.05, 0) is 56.0 Å². The Morgan fingerprint density at radius 3 is 2.73 bits per heavy atom. The predicted molar refractivity (Wildman–Crippen MR) is 122 cm³/mol. The molecule has 0 amide bonds. The van der Waals surface area contributed by atoms with Crippen LogP contribution in [0.1, 0.15) is 24.8 Å². The number of rotatable bonds is 7. The lowest BCUT2D eigenvalue weighted by atomic mass is 10.0. The fourth-order valence-electron chi connectivity index (χ4n) is 4.09. The minimum Gasteiger partial charge on any atom is -0.494 e. The van der Waals surface area contributed by atoms with Gasteiger partial charge in [-0.3, -0.25) is 4.90 Å². The van der Waals surface area contributed by atoms with Gasteiger partial charge in [0.15, 0.2) is 0 Å². The van der Waals surface area contributed by atoms with E-state index in [9.17, 15) is 4.39 Å². The van der Waals surface area contributed by atoms with Crippen LogP contribution in [0, 0.1) is 5.82 Å². The molecule has 0 aliphatic carbocycles. The van der Waals surface area contributed by atoms with E-state index in [1.165, 1.54) is 11.6 Å². The summed E-state index contributed by atoms with van der Waals surface area (Å²) < 4.78 is 19.6. The molecule has 4 rings (SSSR count). The molecule has 1 saturated heterocycles. The number of fused-ring (bicyclic) bond motifs is 1. The molecule has 0 unspecified atom stereocenters. The number of allylic oxidation sites excluding steroid dienone is 1. The number of benzene rings is 2. The number of hydrogen-bond donors (Lipinski definition) is 1. The number of unbranched alkanes of at least 4 members (excludes halogenated alkanes) is 1. The minimum absolute atomic E-state index is 0.227. The number of piperazine rings is 1. The number of anilines is 2. The molecule has 30 heavy (non-hydrogen) atoms. The van der Waals surface area contributed by atoms with Crippen LogP contribution in [0.25, 0.3) is 0 Å². The van der Waals surface area contributed by atoms with Crippen LogP contribution >= 0.6 is 11.6 Å². The third kappa shape index (κ3) is 5.08. The van der Waals surface area contributed by atoms with Crippen molar-refractivity contribution in [3.05, 3.63) is 65.1 Å². The topological polar surface area (TPSA) is 27.7 Å². The first-order valence-corrected chi connectivity index (χ1v) is 11.1. The molecule has 2 heterocycles. The summed E-state index contributed by atoms with van der Waals surface area (Å²) in [5, 5.41) is 3.58. The zero-order valence-electron chi connectivity index (χ0n) is 17.3. The molecule has 0 spiro atoms. The number of nitrogens with zero attached hydrogens (tertiary/aromatic N) is 2. The van der Waals surface area contributed by atoms with Crippen LogP contribution in [-0.2, 0) is 6.42 Å². The lowest BCUT2D eigenvalue weighted by Gasteiger charge is -2.36. The molecule has 0 radical (unpaired) electrons. The van der Waals surface area contributed by atoms with Gasteiger partial charge in [0.05, 0.1) is 17.3 Å². The SMILES string of the molecule is C=C1CCc2ccc(OCCCCN3CCN(c4cccc(F)c4Cl)CC3)cc2N1. The van der Waals surface area contributed by atoms with E-state index in [-0.39, 0.29) is 10.8 Å². The summed E-state index contributed by atoms with van der Waals surface area (Å²) in [6.45, 7) is 9.47. The molecule has 4 nitrogen and oxygen atoms in total. The molecule has 0 atom stereocenters. The molecular formula is C24H29ClFN3O. The van der Waals surface area contributed by atoms with Crippen molar-refractivity contribution in [2.75, 3.05) is 49.5 Å². The van der Waals surface area contributed by atoms with Crippen LogP contribution in [0.2, 0.25) is 5.02 Å². The maximum absolute atomic E-state index is 13.7. The number of nitrogens with one attached hydrogen (secondary N) is 1. The van der Waals surface area contributed by atoms with Gasteiger partial charge < -0.3 is 15.0 Å². The van der Waals surface area contributed by atoms with E-state index in [4.69, 9.17) is 16.3 Å². The molecule has 0 aromatic heterocycles. The van der Waals surface area contributed by atoms with Gasteiger partial charge in [0, 0.05) is 43.6 Å². The Kier molecular flexibility index (Phi) is 6.80. The van der Waals surface area contributed by atoms with Crippen LogP contribution in [-0.4, -0.2) is 44.2 Å². The van der Waals surface area contributed by atoms with Crippen LogP contribution in [0.3, 0.4) is 0 Å². The lowest BCUT2D eigenvalue weighted by Crippen LogP contribution is -2.46. The molecule has 2 aliphatic rings. The van der Waals surface area contributed by atoms with E-state index in [0.717, 1.165) is 87.8 Å². The standard InChI is InChI=1S/C24H29ClFN3O/c1-18-7-8-19-9-10-20(17-22(19)27-18)30-16-3-2-11-28-12-14-29(15-13-28)23-6-4-5-21(26)24(23)25/h4-6,9-10,17,27H,1-3,7-8,11-16H2. The molecule has 2 aliphatic heterocycles. The smallest absolute Gasteiger partial charge is 0.143 e. The highest BCUT2D eigenvalue weighted by molar-refractivity contribution is 6.33. The van der Waals surface area contributed by atoms with Gasteiger partial charge in [-0.1, -0.05) is 30.3 Å². The summed E-state index contributed by atoms with van der Waals surface area (Å²) in [6, 6.07) is 11.3. The third-order valence-corrected chi connectivity index (χ3v) is 6.24. The van der Waals surface area contributed by atoms with Crippen molar-refractivity contribution in [3.8, 4) is 5.75 Å². The lowest BCUT2D eigenvalue weighted by molar-refractivity contribution is 0.238. The fourth-order valence-corrected chi connectivity index (χ4v) is 4.34. The van der Waals surface area contributed by atoms with Gasteiger partial charge in [0.25, 0.3) is 0 Å². The van der Waals surface area contributed by atoms with E-state index in [2.05, 4.69) is 39.9 Å². The molecule has 0 saturated carbocycles. The first-order valence-electron chi connectivity index (χ1n) is 10.7. The van der Waals surface area contributed by atoms with Crippen molar-refractivity contribution in [1.82, 2.24) is 4.90 Å². The highest BCUT2D eigenvalue weighted by Crippen LogP contribution is 2.30. The molecule has 1 fully saturated rings. The molecule has 2 aromatic carbocycles. The van der Waals surface area contributed by atoms with Crippen molar-refractivity contribution in [1.29, 1.82) is 0 Å². The molecule has 6 heteroatoms. The highest BCUT2D eigenvalue weighted by Gasteiger charge is 2.19. The van der Waals surface area contributed by atoms with Gasteiger partial charge in [0.1, 0.15) is 11.6 Å². The van der Waals surface area contributed by atoms with Gasteiger partial charge >= 0.3 is 0 Å². The average molecular weight is 430 g/mol. The van der Waals surface area contributed by atoms with Crippen molar-refractivity contribution >= 4 is 23.0 Å². The number of aryl methyl sites for hydroxylation is 1. The van der Waals surface area contributed by atoms with E-state index in [1.807, 2.05) is 6.07 Å². The Hall–Kier alpha value is -2.24. The Bertz CT molecular complexity index is 896. The molecular weight excluding hydrogens is 401 g/mol. The van der Waals surface area contributed by atoms with Gasteiger partial charge in [-0.2, -0.15) is 0 Å². The Morgan fingerprint density at radius 2 is 1.90 bits per heavy atom. The molecule has 0 bridgehead atoms. The highest BCUT2D eigenvalue weighted by atomic mass is 35.5. The Morgan fingerprint density at radius 1 is 1.07 bits per heavy atom. The van der Waals surface area contributed by atoms with E-state index in [0.29, 0.717) is 0 Å². The second-order valence-electron chi connectivity index (χ2n) is 8.00. The summed E-state index contributed by atoms with van der Waals surface area (Å²) in [4.78, 5) is 4.63. The first kappa shape index (κ1) is 21.0.